The van der Waals surface area contributed by atoms with Crippen molar-refractivity contribution in [2.24, 2.45) is 0 Å². The topological polar surface area (TPSA) is 29.9 Å². The van der Waals surface area contributed by atoms with Crippen molar-refractivity contribution in [3.8, 4) is 5.69 Å². The molecular formula is C16H23N3S. The van der Waals surface area contributed by atoms with Gasteiger partial charge in [0.05, 0.1) is 6.33 Å². The van der Waals surface area contributed by atoms with E-state index in [1.54, 1.807) is 6.20 Å². The van der Waals surface area contributed by atoms with Gasteiger partial charge >= 0.3 is 0 Å². The van der Waals surface area contributed by atoms with E-state index in [2.05, 4.69) is 61.6 Å². The van der Waals surface area contributed by atoms with Gasteiger partial charge in [-0.05, 0) is 44.7 Å². The van der Waals surface area contributed by atoms with Gasteiger partial charge in [-0.25, -0.2) is 4.98 Å². The maximum absolute atomic E-state index is 4.07. The molecule has 0 radical (unpaired) electrons. The number of nitrogens with one attached hydrogen (secondary N) is 1. The van der Waals surface area contributed by atoms with Gasteiger partial charge in [0.15, 0.2) is 0 Å². The third-order valence-corrected chi connectivity index (χ3v) is 4.83. The Morgan fingerprint density at radius 1 is 1.30 bits per heavy atom. The van der Waals surface area contributed by atoms with Gasteiger partial charge < -0.3 is 9.88 Å². The van der Waals surface area contributed by atoms with Gasteiger partial charge in [0, 0.05) is 35.4 Å². The maximum Gasteiger partial charge on any atom is 0.0991 e. The molecule has 2 aromatic rings. The molecule has 0 spiro atoms. The molecule has 2 rings (SSSR count). The Labute approximate surface area is 125 Å². The average molecular weight is 289 g/mol. The minimum Gasteiger partial charge on any atom is -0.309 e. The minimum absolute atomic E-state index is 0.269. The predicted molar refractivity (Wildman–Crippen MR) is 87.6 cm³/mol. The number of thioether (sulfide) groups is 1. The highest BCUT2D eigenvalue weighted by Crippen LogP contribution is 2.22. The average Bonchev–Trinajstić information content (AvgIpc) is 2.99. The van der Waals surface area contributed by atoms with Crippen molar-refractivity contribution in [3.05, 3.63) is 48.5 Å². The molecule has 1 N–H and O–H groups in total. The lowest BCUT2D eigenvalue weighted by molar-refractivity contribution is 0.522. The Balaban J connectivity index is 1.99. The van der Waals surface area contributed by atoms with Crippen molar-refractivity contribution in [1.29, 1.82) is 0 Å². The molecule has 0 aliphatic carbocycles. The first kappa shape index (κ1) is 15.1. The summed E-state index contributed by atoms with van der Waals surface area (Å²) in [4.78, 5) is 4.07. The van der Waals surface area contributed by atoms with Crippen LogP contribution in [0.1, 0.15) is 32.4 Å². The molecule has 0 saturated carbocycles. The summed E-state index contributed by atoms with van der Waals surface area (Å²) in [6, 6.07) is 8.99. The zero-order valence-electron chi connectivity index (χ0n) is 12.6. The second-order valence-electron chi connectivity index (χ2n) is 5.63. The summed E-state index contributed by atoms with van der Waals surface area (Å²) in [6.45, 7) is 7.74. The van der Waals surface area contributed by atoms with Crippen LogP contribution in [0, 0.1) is 0 Å². The lowest BCUT2D eigenvalue weighted by Crippen LogP contribution is -2.33. The normalized spacial score (nSPS) is 13.4. The lowest BCUT2D eigenvalue weighted by Gasteiger charge is -2.25. The number of hydrogen-bond acceptors (Lipinski definition) is 3. The summed E-state index contributed by atoms with van der Waals surface area (Å²) in [7, 11) is 0. The Morgan fingerprint density at radius 2 is 2.00 bits per heavy atom. The molecule has 0 aliphatic heterocycles. The predicted octanol–water partition coefficient (Wildman–Crippen LogP) is 3.66. The van der Waals surface area contributed by atoms with Gasteiger partial charge in [0.2, 0.25) is 0 Å². The molecule has 0 saturated heterocycles. The van der Waals surface area contributed by atoms with Crippen LogP contribution < -0.4 is 5.32 Å². The molecule has 4 heteroatoms. The van der Waals surface area contributed by atoms with E-state index in [1.807, 2.05) is 28.9 Å². The summed E-state index contributed by atoms with van der Waals surface area (Å²) < 4.78 is 2.28. The van der Waals surface area contributed by atoms with Gasteiger partial charge in [0.1, 0.15) is 0 Å². The smallest absolute Gasteiger partial charge is 0.0991 e. The van der Waals surface area contributed by atoms with Crippen LogP contribution in [0.2, 0.25) is 0 Å². The molecule has 1 unspecified atom stereocenters. The molecule has 108 valence electrons. The fourth-order valence-corrected chi connectivity index (χ4v) is 2.16. The van der Waals surface area contributed by atoms with Crippen LogP contribution in [0.3, 0.4) is 0 Å². The molecule has 0 fully saturated rings. The molecule has 0 bridgehead atoms. The quantitative estimate of drug-likeness (QED) is 0.880. The number of imidazole rings is 1. The van der Waals surface area contributed by atoms with Crippen molar-refractivity contribution in [1.82, 2.24) is 14.9 Å². The lowest BCUT2D eigenvalue weighted by atomic mass is 10.1. The van der Waals surface area contributed by atoms with Gasteiger partial charge in [-0.1, -0.05) is 12.1 Å². The molecule has 1 heterocycles. The molecule has 1 aromatic carbocycles. The Kier molecular flexibility index (Phi) is 4.89. The summed E-state index contributed by atoms with van der Waals surface area (Å²) in [5.41, 5.74) is 2.45. The summed E-state index contributed by atoms with van der Waals surface area (Å²) in [5, 5.41) is 3.60. The molecule has 1 atom stereocenters. The maximum atomic E-state index is 4.07. The number of nitrogens with zero attached hydrogens (tertiary/aromatic N) is 2. The Bertz CT molecular complexity index is 517. The minimum atomic E-state index is 0.269. The molecular weight excluding hydrogens is 266 g/mol. The fourth-order valence-electron chi connectivity index (χ4n) is 1.94. The summed E-state index contributed by atoms with van der Waals surface area (Å²) in [6.07, 6.45) is 7.73. The van der Waals surface area contributed by atoms with E-state index in [-0.39, 0.29) is 4.75 Å². The van der Waals surface area contributed by atoms with Crippen LogP contribution >= 0.6 is 11.8 Å². The van der Waals surface area contributed by atoms with Gasteiger partial charge in [-0.2, -0.15) is 11.8 Å². The molecule has 3 nitrogen and oxygen atoms in total. The third-order valence-electron chi connectivity index (χ3n) is 3.58. The second-order valence-corrected chi connectivity index (χ2v) is 7.14. The van der Waals surface area contributed by atoms with Gasteiger partial charge in [-0.15, -0.1) is 0 Å². The summed E-state index contributed by atoms with van der Waals surface area (Å²) >= 11 is 1.89. The van der Waals surface area contributed by atoms with E-state index < -0.39 is 0 Å². The van der Waals surface area contributed by atoms with Gasteiger partial charge in [-0.3, -0.25) is 0 Å². The zero-order valence-corrected chi connectivity index (χ0v) is 13.4. The highest BCUT2D eigenvalue weighted by atomic mass is 32.2. The number of aromatic nitrogens is 2. The standard InChI is InChI=1S/C16H23N3S/c1-13(18-11-16(2,3)20-4)14-5-7-15(8-6-14)19-10-9-17-12-19/h5-10,12-13,18H,11H2,1-4H3. The monoisotopic (exact) mass is 289 g/mol. The van der Waals surface area contributed by atoms with Crippen molar-refractivity contribution < 1.29 is 0 Å². The van der Waals surface area contributed by atoms with Crippen LogP contribution in [-0.4, -0.2) is 27.1 Å². The zero-order chi connectivity index (χ0) is 14.6. The third kappa shape index (κ3) is 3.87. The molecule has 0 aliphatic rings. The van der Waals surface area contributed by atoms with Crippen LogP contribution in [0.15, 0.2) is 43.0 Å². The first-order valence-corrected chi connectivity index (χ1v) is 8.11. The number of benzene rings is 1. The largest absolute Gasteiger partial charge is 0.309 e. The van der Waals surface area contributed by atoms with E-state index in [4.69, 9.17) is 0 Å². The van der Waals surface area contributed by atoms with Crippen LogP contribution in [0.25, 0.3) is 5.69 Å². The Morgan fingerprint density at radius 3 is 2.55 bits per heavy atom. The van der Waals surface area contributed by atoms with Crippen molar-refractivity contribution >= 4 is 11.8 Å². The second kappa shape index (κ2) is 6.46. The van der Waals surface area contributed by atoms with E-state index in [0.29, 0.717) is 6.04 Å². The molecule has 20 heavy (non-hydrogen) atoms. The van der Waals surface area contributed by atoms with Crippen LogP contribution in [0.4, 0.5) is 0 Å². The molecule has 1 aromatic heterocycles. The first-order valence-electron chi connectivity index (χ1n) is 6.89. The van der Waals surface area contributed by atoms with Crippen molar-refractivity contribution in [2.75, 3.05) is 12.8 Å². The van der Waals surface area contributed by atoms with E-state index in [0.717, 1.165) is 12.2 Å². The van der Waals surface area contributed by atoms with Gasteiger partial charge in [0.25, 0.3) is 0 Å². The molecule has 0 amide bonds. The highest BCUT2D eigenvalue weighted by Gasteiger charge is 2.17. The number of hydrogen-bond donors (Lipinski definition) is 1. The summed E-state index contributed by atoms with van der Waals surface area (Å²) in [5.74, 6) is 0. The van der Waals surface area contributed by atoms with Crippen molar-refractivity contribution in [2.45, 2.75) is 31.6 Å². The van der Waals surface area contributed by atoms with E-state index >= 15 is 0 Å². The van der Waals surface area contributed by atoms with Crippen LogP contribution in [-0.2, 0) is 0 Å². The van der Waals surface area contributed by atoms with Crippen LogP contribution in [0.5, 0.6) is 0 Å². The van der Waals surface area contributed by atoms with Crippen molar-refractivity contribution in [3.63, 3.8) is 0 Å². The first-order chi connectivity index (χ1) is 9.52. The van der Waals surface area contributed by atoms with E-state index in [1.165, 1.54) is 5.56 Å². The Hall–Kier alpha value is -1.26. The fraction of sp³-hybridized carbons (Fsp3) is 0.438. The SMILES string of the molecule is CSC(C)(C)CNC(C)c1ccc(-n2ccnc2)cc1. The highest BCUT2D eigenvalue weighted by molar-refractivity contribution is 7.99. The number of rotatable bonds is 6. The van der Waals surface area contributed by atoms with E-state index in [9.17, 15) is 0 Å².